The first-order chi connectivity index (χ1) is 14.9. The smallest absolute Gasteiger partial charge is 0.224 e. The Morgan fingerprint density at radius 3 is 2.61 bits per heavy atom. The van der Waals surface area contributed by atoms with Gasteiger partial charge in [-0.25, -0.2) is 9.50 Å². The second kappa shape index (κ2) is 8.08. The summed E-state index contributed by atoms with van der Waals surface area (Å²) in [5.74, 6) is 0.284. The third-order valence-electron chi connectivity index (χ3n) is 4.95. The Hall–Kier alpha value is -3.90. The van der Waals surface area contributed by atoms with Gasteiger partial charge < -0.3 is 16.8 Å². The highest BCUT2D eigenvalue weighted by molar-refractivity contribution is 6.34. The second-order valence-corrected chi connectivity index (χ2v) is 7.36. The van der Waals surface area contributed by atoms with Crippen molar-refractivity contribution in [1.82, 2.24) is 24.6 Å². The minimum Gasteiger partial charge on any atom is -0.382 e. The fraction of sp³-hybridized carbons (Fsp3) is 0.190. The van der Waals surface area contributed by atoms with E-state index in [0.29, 0.717) is 22.8 Å². The van der Waals surface area contributed by atoms with Crippen molar-refractivity contribution in [2.24, 2.45) is 0 Å². The van der Waals surface area contributed by atoms with Crippen LogP contribution in [0.4, 0.5) is 17.6 Å². The molecule has 0 aliphatic rings. The van der Waals surface area contributed by atoms with Crippen LogP contribution in [0.2, 0.25) is 5.02 Å². The lowest BCUT2D eigenvalue weighted by atomic mass is 9.99. The van der Waals surface area contributed by atoms with Gasteiger partial charge in [0.2, 0.25) is 5.95 Å². The summed E-state index contributed by atoms with van der Waals surface area (Å²) < 4.78 is 1.66. The fourth-order valence-corrected chi connectivity index (χ4v) is 3.59. The van der Waals surface area contributed by atoms with Crippen LogP contribution in [0.1, 0.15) is 36.2 Å². The average molecular weight is 434 g/mol. The summed E-state index contributed by atoms with van der Waals surface area (Å²) in [4.78, 5) is 12.9. The van der Waals surface area contributed by atoms with Gasteiger partial charge in [0.25, 0.3) is 0 Å². The largest absolute Gasteiger partial charge is 0.382 e. The lowest BCUT2D eigenvalue weighted by molar-refractivity contribution is 0.729. The molecular weight excluding hydrogens is 414 g/mol. The third-order valence-corrected chi connectivity index (χ3v) is 5.39. The third kappa shape index (κ3) is 3.69. The van der Waals surface area contributed by atoms with E-state index in [9.17, 15) is 5.26 Å². The number of nitrogen functional groups attached to an aromatic ring is 2. The number of nitrogens with one attached hydrogen (secondary N) is 1. The quantitative estimate of drug-likeness (QED) is 0.431. The number of nitrogens with two attached hydrogens (primary N) is 2. The Morgan fingerprint density at radius 1 is 1.19 bits per heavy atom. The molecule has 1 aromatic carbocycles. The number of hydrogen-bond donors (Lipinski definition) is 3. The van der Waals surface area contributed by atoms with Crippen LogP contribution in [0.5, 0.6) is 0 Å². The minimum atomic E-state index is -0.267. The van der Waals surface area contributed by atoms with Crippen LogP contribution >= 0.6 is 11.6 Å². The van der Waals surface area contributed by atoms with Crippen LogP contribution in [-0.4, -0.2) is 24.6 Å². The van der Waals surface area contributed by atoms with E-state index in [1.165, 1.54) is 0 Å². The lowest BCUT2D eigenvalue weighted by Gasteiger charge is -2.22. The maximum Gasteiger partial charge on any atom is 0.224 e. The maximum atomic E-state index is 9.52. The number of rotatable bonds is 5. The molecule has 0 aliphatic heterocycles. The number of hydrogen-bond acceptors (Lipinski definition) is 8. The maximum absolute atomic E-state index is 9.52. The predicted octanol–water partition coefficient (Wildman–Crippen LogP) is 3.75. The molecule has 0 saturated heterocycles. The van der Waals surface area contributed by atoms with E-state index in [1.54, 1.807) is 4.52 Å². The van der Waals surface area contributed by atoms with Crippen LogP contribution in [0.25, 0.3) is 16.9 Å². The van der Waals surface area contributed by atoms with Crippen molar-refractivity contribution in [1.29, 1.82) is 5.26 Å². The molecule has 31 heavy (non-hydrogen) atoms. The van der Waals surface area contributed by atoms with Crippen molar-refractivity contribution in [2.75, 3.05) is 16.8 Å². The van der Waals surface area contributed by atoms with Gasteiger partial charge in [-0.3, -0.25) is 0 Å². The van der Waals surface area contributed by atoms with E-state index in [4.69, 9.17) is 28.1 Å². The highest BCUT2D eigenvalue weighted by Gasteiger charge is 2.22. The second-order valence-electron chi connectivity index (χ2n) is 6.99. The molecule has 3 heterocycles. The molecule has 0 amide bonds. The first kappa shape index (κ1) is 20.4. The Bertz CT molecular complexity index is 1310. The highest BCUT2D eigenvalue weighted by Crippen LogP contribution is 2.33. The molecule has 5 N–H and O–H groups in total. The summed E-state index contributed by atoms with van der Waals surface area (Å²) in [6.45, 7) is 3.85. The van der Waals surface area contributed by atoms with E-state index in [-0.39, 0.29) is 29.2 Å². The van der Waals surface area contributed by atoms with Crippen molar-refractivity contribution in [3.05, 3.63) is 58.4 Å². The number of halogens is 1. The van der Waals surface area contributed by atoms with Gasteiger partial charge in [-0.2, -0.15) is 20.3 Å². The number of nitrogens with zero attached hydrogens (tertiary/aromatic N) is 6. The summed E-state index contributed by atoms with van der Waals surface area (Å²) in [5, 5.41) is 17.8. The topological polar surface area (TPSA) is 144 Å². The Labute approximate surface area is 183 Å². The standard InChI is InChI=1S/C21H20ClN9/c1-3-15(26-19-13(9-23)18(24)28-21(25)29-19)14-10-31-20(16(22)11(2)30-31)27-17(14)12-7-5-4-6-8-12/h4-8,10,15H,3H2,1-2H3,(H5,24,25,26,28,29). The summed E-state index contributed by atoms with van der Waals surface area (Å²) in [7, 11) is 0. The number of nitriles is 1. The summed E-state index contributed by atoms with van der Waals surface area (Å²) in [6.07, 6.45) is 2.56. The van der Waals surface area contributed by atoms with Gasteiger partial charge in [0, 0.05) is 17.3 Å². The van der Waals surface area contributed by atoms with E-state index >= 15 is 0 Å². The van der Waals surface area contributed by atoms with E-state index in [1.807, 2.05) is 56.4 Å². The molecule has 10 heteroatoms. The zero-order valence-electron chi connectivity index (χ0n) is 17.0. The number of aryl methyl sites for hydroxylation is 1. The number of anilines is 3. The molecule has 9 nitrogen and oxygen atoms in total. The van der Waals surface area contributed by atoms with Crippen LogP contribution in [0, 0.1) is 18.3 Å². The van der Waals surface area contributed by atoms with Crippen LogP contribution in [0.3, 0.4) is 0 Å². The Balaban J connectivity index is 1.90. The summed E-state index contributed by atoms with van der Waals surface area (Å²) in [6, 6.07) is 11.6. The van der Waals surface area contributed by atoms with E-state index < -0.39 is 0 Å². The molecule has 0 aliphatic carbocycles. The highest BCUT2D eigenvalue weighted by atomic mass is 35.5. The first-order valence-corrected chi connectivity index (χ1v) is 10.0. The van der Waals surface area contributed by atoms with Gasteiger partial charge in [-0.05, 0) is 13.3 Å². The van der Waals surface area contributed by atoms with E-state index in [0.717, 1.165) is 16.8 Å². The SMILES string of the molecule is CCC(Nc1nc(N)nc(N)c1C#N)c1cn2nc(C)c(Cl)c2nc1-c1ccccc1. The van der Waals surface area contributed by atoms with Crippen molar-refractivity contribution in [3.63, 3.8) is 0 Å². The Morgan fingerprint density at radius 2 is 1.94 bits per heavy atom. The normalized spacial score (nSPS) is 11.9. The van der Waals surface area contributed by atoms with Gasteiger partial charge in [0.1, 0.15) is 22.5 Å². The van der Waals surface area contributed by atoms with Crippen molar-refractivity contribution < 1.29 is 0 Å². The van der Waals surface area contributed by atoms with Crippen LogP contribution in [-0.2, 0) is 0 Å². The fourth-order valence-electron chi connectivity index (χ4n) is 3.43. The predicted molar refractivity (Wildman–Crippen MR) is 120 cm³/mol. The van der Waals surface area contributed by atoms with Gasteiger partial charge in [0.15, 0.2) is 11.5 Å². The molecule has 1 unspecified atom stereocenters. The first-order valence-electron chi connectivity index (χ1n) is 9.63. The van der Waals surface area contributed by atoms with Gasteiger partial charge in [-0.1, -0.05) is 48.9 Å². The molecule has 0 spiro atoms. The monoisotopic (exact) mass is 433 g/mol. The van der Waals surface area contributed by atoms with Crippen molar-refractivity contribution >= 4 is 34.8 Å². The van der Waals surface area contributed by atoms with Crippen LogP contribution in [0.15, 0.2) is 36.5 Å². The minimum absolute atomic E-state index is 0.0137. The Kier molecular flexibility index (Phi) is 5.31. The molecule has 1 atom stereocenters. The van der Waals surface area contributed by atoms with E-state index in [2.05, 4.69) is 20.4 Å². The molecule has 4 rings (SSSR count). The molecule has 0 saturated carbocycles. The molecule has 0 fully saturated rings. The van der Waals surface area contributed by atoms with Gasteiger partial charge in [0.05, 0.1) is 17.4 Å². The molecule has 3 aromatic heterocycles. The zero-order chi connectivity index (χ0) is 22.1. The molecular formula is C21H20ClN9. The number of aromatic nitrogens is 5. The zero-order valence-corrected chi connectivity index (χ0v) is 17.7. The summed E-state index contributed by atoms with van der Waals surface area (Å²) >= 11 is 6.43. The molecule has 4 aromatic rings. The number of fused-ring (bicyclic) bond motifs is 1. The molecule has 0 radical (unpaired) electrons. The van der Waals surface area contributed by atoms with Crippen molar-refractivity contribution in [2.45, 2.75) is 26.3 Å². The van der Waals surface area contributed by atoms with Gasteiger partial charge in [-0.15, -0.1) is 0 Å². The number of benzene rings is 1. The summed E-state index contributed by atoms with van der Waals surface area (Å²) in [5.41, 5.74) is 15.6. The molecule has 0 bridgehead atoms. The average Bonchev–Trinajstić information content (AvgIpc) is 3.04. The molecule has 156 valence electrons. The van der Waals surface area contributed by atoms with Crippen molar-refractivity contribution in [3.8, 4) is 17.3 Å². The lowest BCUT2D eigenvalue weighted by Crippen LogP contribution is -2.17. The van der Waals surface area contributed by atoms with Crippen LogP contribution < -0.4 is 16.8 Å². The van der Waals surface area contributed by atoms with Gasteiger partial charge >= 0.3 is 0 Å².